The van der Waals surface area contributed by atoms with Crippen molar-refractivity contribution in [1.29, 1.82) is 0 Å². The molecule has 2 aromatic heterocycles. The van der Waals surface area contributed by atoms with Crippen LogP contribution in [0.2, 0.25) is 5.02 Å². The van der Waals surface area contributed by atoms with Crippen LogP contribution in [0.25, 0.3) is 10.9 Å². The standard InChI is InChI=1S/C23H27ClN4O/c1-29-21-11-16-13-28(14-20-23(24)17-6-2-3-7-18(17)26-20)12-15(16)10-19(21)27-22-8-4-5-9-25-22/h2-9,15-16,19,21,26H,10-14H2,1H3,(H,25,27)/t15-,16+,19-,21-/m1/s1. The lowest BCUT2D eigenvalue weighted by Gasteiger charge is -2.37. The van der Waals surface area contributed by atoms with Crippen LogP contribution in [0.5, 0.6) is 0 Å². The van der Waals surface area contributed by atoms with E-state index in [1.54, 1.807) is 0 Å². The number of H-pyrrole nitrogens is 1. The van der Waals surface area contributed by atoms with E-state index in [0.29, 0.717) is 17.9 Å². The molecule has 3 aromatic rings. The average Bonchev–Trinajstić information content (AvgIpc) is 3.28. The molecule has 2 aliphatic rings. The molecule has 6 heteroatoms. The first-order valence-electron chi connectivity index (χ1n) is 10.4. The molecular formula is C23H27ClN4O. The smallest absolute Gasteiger partial charge is 0.126 e. The van der Waals surface area contributed by atoms with Gasteiger partial charge in [-0.3, -0.25) is 4.90 Å². The van der Waals surface area contributed by atoms with Crippen LogP contribution in [0.1, 0.15) is 18.5 Å². The molecule has 2 fully saturated rings. The normalized spacial score (nSPS) is 27.2. The molecule has 1 saturated carbocycles. The predicted octanol–water partition coefficient (Wildman–Crippen LogP) is 4.55. The summed E-state index contributed by atoms with van der Waals surface area (Å²) in [5, 5.41) is 5.58. The minimum atomic E-state index is 0.217. The van der Waals surface area contributed by atoms with Gasteiger partial charge in [-0.1, -0.05) is 35.9 Å². The number of methoxy groups -OCH3 is 1. The van der Waals surface area contributed by atoms with Crippen LogP contribution in [0.4, 0.5) is 5.82 Å². The number of pyridine rings is 1. The Bertz CT molecular complexity index is 975. The fraction of sp³-hybridized carbons (Fsp3) is 0.435. The number of halogens is 1. The van der Waals surface area contributed by atoms with Gasteiger partial charge in [0.15, 0.2) is 0 Å². The number of aromatic amines is 1. The zero-order valence-electron chi connectivity index (χ0n) is 16.6. The lowest BCUT2D eigenvalue weighted by molar-refractivity contribution is 0.0304. The number of anilines is 1. The van der Waals surface area contributed by atoms with Gasteiger partial charge in [0.05, 0.1) is 17.2 Å². The number of aromatic nitrogens is 2. The largest absolute Gasteiger partial charge is 0.379 e. The summed E-state index contributed by atoms with van der Waals surface area (Å²) < 4.78 is 5.86. The lowest BCUT2D eigenvalue weighted by atomic mass is 9.77. The van der Waals surface area contributed by atoms with Crippen molar-refractivity contribution in [2.45, 2.75) is 31.5 Å². The molecule has 0 bridgehead atoms. The van der Waals surface area contributed by atoms with Crippen LogP contribution in [-0.2, 0) is 11.3 Å². The zero-order valence-corrected chi connectivity index (χ0v) is 17.4. The molecule has 5 rings (SSSR count). The number of hydrogen-bond donors (Lipinski definition) is 2. The van der Waals surface area contributed by atoms with Gasteiger partial charge >= 0.3 is 0 Å². The third-order valence-electron chi connectivity index (χ3n) is 6.59. The number of nitrogens with one attached hydrogen (secondary N) is 2. The lowest BCUT2D eigenvalue weighted by Crippen LogP contribution is -2.44. The highest BCUT2D eigenvalue weighted by Gasteiger charge is 2.42. The topological polar surface area (TPSA) is 53.2 Å². The second-order valence-electron chi connectivity index (χ2n) is 8.39. The second kappa shape index (κ2) is 7.98. The Kier molecular flexibility index (Phi) is 5.20. The Morgan fingerprint density at radius 1 is 1.14 bits per heavy atom. The molecule has 1 aromatic carbocycles. The number of nitrogens with zero attached hydrogens (tertiary/aromatic N) is 2. The Morgan fingerprint density at radius 3 is 2.69 bits per heavy atom. The van der Waals surface area contributed by atoms with Gasteiger partial charge in [0.25, 0.3) is 0 Å². The first-order chi connectivity index (χ1) is 14.2. The summed E-state index contributed by atoms with van der Waals surface area (Å²) in [6.45, 7) is 3.08. The quantitative estimate of drug-likeness (QED) is 0.647. The summed E-state index contributed by atoms with van der Waals surface area (Å²) in [5.74, 6) is 2.27. The van der Waals surface area contributed by atoms with Crippen molar-refractivity contribution in [3.63, 3.8) is 0 Å². The molecule has 0 spiro atoms. The summed E-state index contributed by atoms with van der Waals surface area (Å²) in [7, 11) is 1.83. The van der Waals surface area contributed by atoms with Gasteiger partial charge in [0, 0.05) is 49.5 Å². The van der Waals surface area contributed by atoms with E-state index in [-0.39, 0.29) is 6.10 Å². The maximum atomic E-state index is 6.65. The van der Waals surface area contributed by atoms with E-state index in [0.717, 1.165) is 59.9 Å². The number of ether oxygens (including phenoxy) is 1. The number of benzene rings is 1. The van der Waals surface area contributed by atoms with E-state index in [4.69, 9.17) is 16.3 Å². The summed E-state index contributed by atoms with van der Waals surface area (Å²) >= 11 is 6.65. The molecule has 4 atom stereocenters. The van der Waals surface area contributed by atoms with Crippen LogP contribution >= 0.6 is 11.6 Å². The van der Waals surface area contributed by atoms with E-state index in [1.165, 1.54) is 0 Å². The first kappa shape index (κ1) is 18.9. The van der Waals surface area contributed by atoms with Gasteiger partial charge in [0.1, 0.15) is 5.82 Å². The molecule has 5 nitrogen and oxygen atoms in total. The third kappa shape index (κ3) is 3.75. The Labute approximate surface area is 176 Å². The molecule has 29 heavy (non-hydrogen) atoms. The van der Waals surface area contributed by atoms with Crippen molar-refractivity contribution < 1.29 is 4.74 Å². The van der Waals surface area contributed by atoms with Crippen LogP contribution in [0.15, 0.2) is 48.7 Å². The van der Waals surface area contributed by atoms with E-state index in [2.05, 4.69) is 32.3 Å². The summed E-state index contributed by atoms with van der Waals surface area (Å²) in [4.78, 5) is 10.5. The van der Waals surface area contributed by atoms with Crippen molar-refractivity contribution in [3.05, 3.63) is 59.4 Å². The van der Waals surface area contributed by atoms with Crippen LogP contribution in [-0.4, -0.2) is 47.2 Å². The highest BCUT2D eigenvalue weighted by molar-refractivity contribution is 6.36. The minimum Gasteiger partial charge on any atom is -0.379 e. The van der Waals surface area contributed by atoms with Crippen LogP contribution < -0.4 is 5.32 Å². The fourth-order valence-corrected chi connectivity index (χ4v) is 5.46. The predicted molar refractivity (Wildman–Crippen MR) is 117 cm³/mol. The van der Waals surface area contributed by atoms with Gasteiger partial charge < -0.3 is 15.0 Å². The number of hydrogen-bond acceptors (Lipinski definition) is 4. The number of fused-ring (bicyclic) bond motifs is 2. The SMILES string of the molecule is CO[C@@H]1C[C@H]2CN(Cc3[nH]c4ccccc4c3Cl)C[C@H]2C[C@H]1Nc1ccccn1. The second-order valence-corrected chi connectivity index (χ2v) is 8.77. The summed E-state index contributed by atoms with van der Waals surface area (Å²) in [5.41, 5.74) is 2.24. The number of likely N-dealkylation sites (tertiary alicyclic amines) is 1. The Morgan fingerprint density at radius 2 is 1.93 bits per heavy atom. The van der Waals surface area contributed by atoms with Crippen LogP contribution in [0.3, 0.4) is 0 Å². The highest BCUT2D eigenvalue weighted by Crippen LogP contribution is 2.39. The Hall–Kier alpha value is -2.08. The van der Waals surface area contributed by atoms with Crippen molar-refractivity contribution in [1.82, 2.24) is 14.9 Å². The van der Waals surface area contributed by atoms with Crippen molar-refractivity contribution in [2.24, 2.45) is 11.8 Å². The van der Waals surface area contributed by atoms with Gasteiger partial charge in [-0.25, -0.2) is 4.98 Å². The van der Waals surface area contributed by atoms with E-state index in [1.807, 2.05) is 43.6 Å². The first-order valence-corrected chi connectivity index (χ1v) is 10.8. The number of rotatable bonds is 5. The molecule has 1 saturated heterocycles. The zero-order chi connectivity index (χ0) is 19.8. The van der Waals surface area contributed by atoms with E-state index >= 15 is 0 Å². The van der Waals surface area contributed by atoms with Crippen LogP contribution in [0, 0.1) is 11.8 Å². The summed E-state index contributed by atoms with van der Waals surface area (Å²) in [6.07, 6.45) is 4.24. The molecule has 2 N–H and O–H groups in total. The number of para-hydroxylation sites is 1. The average molecular weight is 411 g/mol. The minimum absolute atomic E-state index is 0.217. The molecule has 1 aliphatic carbocycles. The molecule has 0 amide bonds. The fourth-order valence-electron chi connectivity index (χ4n) is 5.19. The third-order valence-corrected chi connectivity index (χ3v) is 7.02. The van der Waals surface area contributed by atoms with E-state index < -0.39 is 0 Å². The molecule has 1 aliphatic heterocycles. The van der Waals surface area contributed by atoms with Gasteiger partial charge in [0.2, 0.25) is 0 Å². The highest BCUT2D eigenvalue weighted by atomic mass is 35.5. The summed E-state index contributed by atoms with van der Waals surface area (Å²) in [6, 6.07) is 14.5. The molecule has 3 heterocycles. The molecule has 0 unspecified atom stereocenters. The maximum absolute atomic E-state index is 6.65. The van der Waals surface area contributed by atoms with Gasteiger partial charge in [-0.15, -0.1) is 0 Å². The monoisotopic (exact) mass is 410 g/mol. The molecule has 0 radical (unpaired) electrons. The molecule has 152 valence electrons. The molecular weight excluding hydrogens is 384 g/mol. The van der Waals surface area contributed by atoms with Crippen molar-refractivity contribution in [2.75, 3.05) is 25.5 Å². The van der Waals surface area contributed by atoms with Crippen molar-refractivity contribution in [3.8, 4) is 0 Å². The van der Waals surface area contributed by atoms with E-state index in [9.17, 15) is 0 Å². The van der Waals surface area contributed by atoms with Gasteiger partial charge in [-0.05, 0) is 42.9 Å². The maximum Gasteiger partial charge on any atom is 0.126 e. The van der Waals surface area contributed by atoms with Crippen molar-refractivity contribution >= 4 is 28.3 Å². The Balaban J connectivity index is 1.28. The van der Waals surface area contributed by atoms with Gasteiger partial charge in [-0.2, -0.15) is 0 Å².